The minimum Gasteiger partial charge on any atom is -0.449 e. The quantitative estimate of drug-likeness (QED) is 0.743. The highest BCUT2D eigenvalue weighted by Gasteiger charge is 2.30. The van der Waals surface area contributed by atoms with E-state index < -0.39 is 21.9 Å². The van der Waals surface area contributed by atoms with Crippen LogP contribution in [0.15, 0.2) is 29.2 Å². The molecular weight excluding hydrogens is 346 g/mol. The highest BCUT2D eigenvalue weighted by atomic mass is 32.2. The fourth-order valence-electron chi connectivity index (χ4n) is 2.73. The van der Waals surface area contributed by atoms with Crippen molar-refractivity contribution in [3.8, 4) is 0 Å². The molecule has 1 amide bonds. The average Bonchev–Trinajstić information content (AvgIpc) is 2.52. The molecule has 0 saturated carbocycles. The van der Waals surface area contributed by atoms with Crippen LogP contribution in [-0.4, -0.2) is 62.9 Å². The van der Waals surface area contributed by atoms with Gasteiger partial charge in [0.1, 0.15) is 0 Å². The first-order chi connectivity index (χ1) is 11.6. The third kappa shape index (κ3) is 5.02. The van der Waals surface area contributed by atoms with Crippen LogP contribution < -0.4 is 0 Å². The number of ether oxygens (including phenoxy) is 2. The molecule has 0 spiro atoms. The molecule has 1 aliphatic heterocycles. The zero-order chi connectivity index (χ0) is 18.8. The van der Waals surface area contributed by atoms with Gasteiger partial charge in [0.2, 0.25) is 0 Å². The first-order valence-corrected chi connectivity index (χ1v) is 9.92. The molecule has 138 valence electrons. The lowest BCUT2D eigenvalue weighted by Gasteiger charge is -2.36. The number of carbonyl (C=O) groups excluding carboxylic acids is 2. The highest BCUT2D eigenvalue weighted by molar-refractivity contribution is 7.90. The summed E-state index contributed by atoms with van der Waals surface area (Å²) in [6.07, 6.45) is 0.0173. The van der Waals surface area contributed by atoms with Gasteiger partial charge >= 0.3 is 5.97 Å². The molecule has 0 aliphatic carbocycles. The van der Waals surface area contributed by atoms with Crippen molar-refractivity contribution >= 4 is 21.7 Å². The molecule has 25 heavy (non-hydrogen) atoms. The van der Waals surface area contributed by atoms with Crippen LogP contribution in [-0.2, 0) is 24.1 Å². The van der Waals surface area contributed by atoms with Crippen molar-refractivity contribution in [2.45, 2.75) is 44.0 Å². The number of hydrogen-bond donors (Lipinski definition) is 0. The average molecular weight is 369 g/mol. The summed E-state index contributed by atoms with van der Waals surface area (Å²) in [5, 5.41) is 0. The summed E-state index contributed by atoms with van der Waals surface area (Å²) in [7, 11) is -3.33. The van der Waals surface area contributed by atoms with Crippen molar-refractivity contribution in [2.75, 3.05) is 19.3 Å². The zero-order valence-electron chi connectivity index (χ0n) is 14.8. The van der Waals surface area contributed by atoms with Gasteiger partial charge in [-0.25, -0.2) is 13.2 Å². The number of esters is 1. The Hall–Kier alpha value is -1.93. The molecule has 1 aromatic carbocycles. The summed E-state index contributed by atoms with van der Waals surface area (Å²) in [5.74, 6) is -0.946. The second kappa shape index (κ2) is 7.53. The lowest BCUT2D eigenvalue weighted by molar-refractivity contribution is -0.151. The van der Waals surface area contributed by atoms with E-state index in [0.717, 1.165) is 6.26 Å². The van der Waals surface area contributed by atoms with E-state index in [1.807, 2.05) is 13.8 Å². The Balaban J connectivity index is 2.00. The molecule has 1 fully saturated rings. The molecule has 0 radical (unpaired) electrons. The third-order valence-corrected chi connectivity index (χ3v) is 5.01. The van der Waals surface area contributed by atoms with E-state index in [1.165, 1.54) is 31.2 Å². The number of sulfone groups is 1. The Morgan fingerprint density at radius 1 is 1.16 bits per heavy atom. The van der Waals surface area contributed by atoms with Gasteiger partial charge in [-0.05, 0) is 45.0 Å². The molecular formula is C17H23NO6S. The van der Waals surface area contributed by atoms with Crippen molar-refractivity contribution < 1.29 is 27.5 Å². The smallest absolute Gasteiger partial charge is 0.338 e. The Morgan fingerprint density at radius 2 is 1.68 bits per heavy atom. The number of nitrogens with zero attached hydrogens (tertiary/aromatic N) is 1. The predicted octanol–water partition coefficient (Wildman–Crippen LogP) is 1.27. The first-order valence-electron chi connectivity index (χ1n) is 8.03. The molecule has 3 atom stereocenters. The normalized spacial score (nSPS) is 22.3. The Morgan fingerprint density at radius 3 is 2.16 bits per heavy atom. The standard InChI is InChI=1S/C17H23NO6S/c1-11-9-18(10-12(2)23-11)16(19)13(3)24-17(20)14-5-7-15(8-6-14)25(4,21)22/h5-8,11-13H,9-10H2,1-4H3. The SMILES string of the molecule is CC1CN(C(=O)C(C)OC(=O)c2ccc(S(C)(=O)=O)cc2)CC(C)O1. The fraction of sp³-hybridized carbons (Fsp3) is 0.529. The lowest BCUT2D eigenvalue weighted by Crippen LogP contribution is -2.51. The van der Waals surface area contributed by atoms with E-state index in [1.54, 1.807) is 4.90 Å². The molecule has 1 saturated heterocycles. The second-order valence-corrected chi connectivity index (χ2v) is 8.36. The van der Waals surface area contributed by atoms with Crippen LogP contribution in [0.4, 0.5) is 0 Å². The molecule has 1 heterocycles. The molecule has 3 unspecified atom stereocenters. The minimum atomic E-state index is -3.33. The molecule has 0 bridgehead atoms. The van der Waals surface area contributed by atoms with Gasteiger partial charge in [0.05, 0.1) is 22.7 Å². The van der Waals surface area contributed by atoms with Gasteiger partial charge in [-0.15, -0.1) is 0 Å². The van der Waals surface area contributed by atoms with Gasteiger partial charge in [0.15, 0.2) is 15.9 Å². The summed E-state index contributed by atoms with van der Waals surface area (Å²) < 4.78 is 33.7. The van der Waals surface area contributed by atoms with Crippen LogP contribution in [0, 0.1) is 0 Å². The molecule has 1 aromatic rings. The number of amides is 1. The maximum atomic E-state index is 12.5. The predicted molar refractivity (Wildman–Crippen MR) is 91.0 cm³/mol. The highest BCUT2D eigenvalue weighted by Crippen LogP contribution is 2.15. The number of benzene rings is 1. The monoisotopic (exact) mass is 369 g/mol. The van der Waals surface area contributed by atoms with Gasteiger partial charge in [-0.3, -0.25) is 4.79 Å². The Labute approximate surface area is 147 Å². The van der Waals surface area contributed by atoms with E-state index >= 15 is 0 Å². The van der Waals surface area contributed by atoms with Gasteiger partial charge in [-0.1, -0.05) is 0 Å². The molecule has 1 aliphatic rings. The van der Waals surface area contributed by atoms with Gasteiger partial charge < -0.3 is 14.4 Å². The van der Waals surface area contributed by atoms with Crippen molar-refractivity contribution in [3.05, 3.63) is 29.8 Å². The summed E-state index contributed by atoms with van der Waals surface area (Å²) in [4.78, 5) is 26.4. The molecule has 8 heteroatoms. The Kier molecular flexibility index (Phi) is 5.84. The van der Waals surface area contributed by atoms with E-state index in [2.05, 4.69) is 0 Å². The van der Waals surface area contributed by atoms with Crippen molar-refractivity contribution in [3.63, 3.8) is 0 Å². The van der Waals surface area contributed by atoms with Crippen molar-refractivity contribution in [1.29, 1.82) is 0 Å². The second-order valence-electron chi connectivity index (χ2n) is 6.34. The van der Waals surface area contributed by atoms with E-state index in [0.29, 0.717) is 13.1 Å². The van der Waals surface area contributed by atoms with Gasteiger partial charge in [0, 0.05) is 19.3 Å². The van der Waals surface area contributed by atoms with Gasteiger partial charge in [0.25, 0.3) is 5.91 Å². The van der Waals surface area contributed by atoms with Crippen LogP contribution >= 0.6 is 0 Å². The number of hydrogen-bond acceptors (Lipinski definition) is 6. The van der Waals surface area contributed by atoms with E-state index in [9.17, 15) is 18.0 Å². The topological polar surface area (TPSA) is 90.0 Å². The maximum absolute atomic E-state index is 12.5. The van der Waals surface area contributed by atoms with Gasteiger partial charge in [-0.2, -0.15) is 0 Å². The summed E-state index contributed by atoms with van der Waals surface area (Å²) in [5.41, 5.74) is 0.191. The van der Waals surface area contributed by atoms with Crippen LogP contribution in [0.1, 0.15) is 31.1 Å². The van der Waals surface area contributed by atoms with E-state index in [4.69, 9.17) is 9.47 Å². The number of rotatable bonds is 4. The third-order valence-electron chi connectivity index (χ3n) is 3.88. The van der Waals surface area contributed by atoms with Crippen LogP contribution in [0.5, 0.6) is 0 Å². The maximum Gasteiger partial charge on any atom is 0.338 e. The summed E-state index contributed by atoms with van der Waals surface area (Å²) in [6, 6.07) is 5.41. The van der Waals surface area contributed by atoms with Crippen molar-refractivity contribution in [1.82, 2.24) is 4.90 Å². The molecule has 0 N–H and O–H groups in total. The molecule has 7 nitrogen and oxygen atoms in total. The first kappa shape index (κ1) is 19.4. The van der Waals surface area contributed by atoms with Crippen molar-refractivity contribution in [2.24, 2.45) is 0 Å². The lowest BCUT2D eigenvalue weighted by atomic mass is 10.2. The minimum absolute atomic E-state index is 0.0702. The Bertz CT molecular complexity index is 733. The molecule has 2 rings (SSSR count). The summed E-state index contributed by atoms with van der Waals surface area (Å²) >= 11 is 0. The number of carbonyl (C=O) groups is 2. The zero-order valence-corrected chi connectivity index (χ0v) is 15.6. The van der Waals surface area contributed by atoms with Crippen LogP contribution in [0.2, 0.25) is 0 Å². The summed E-state index contributed by atoms with van der Waals surface area (Å²) in [6.45, 7) is 6.20. The molecule has 0 aromatic heterocycles. The van der Waals surface area contributed by atoms with E-state index in [-0.39, 0.29) is 28.6 Å². The number of morpholine rings is 1. The largest absolute Gasteiger partial charge is 0.449 e. The van der Waals surface area contributed by atoms with Crippen LogP contribution in [0.3, 0.4) is 0 Å². The fourth-order valence-corrected chi connectivity index (χ4v) is 3.36. The van der Waals surface area contributed by atoms with Crippen LogP contribution in [0.25, 0.3) is 0 Å².